The van der Waals surface area contributed by atoms with Crippen molar-refractivity contribution in [1.29, 1.82) is 0 Å². The second-order valence-corrected chi connectivity index (χ2v) is 10.3. The minimum Gasteiger partial charge on any atom is -0.381 e. The normalized spacial score (nSPS) is 20.6. The van der Waals surface area contributed by atoms with Crippen LogP contribution in [0, 0.1) is 5.92 Å². The van der Waals surface area contributed by atoms with Gasteiger partial charge in [0.05, 0.1) is 30.1 Å². The third-order valence-corrected chi connectivity index (χ3v) is 7.59. The number of benzene rings is 2. The molecule has 2 aliphatic rings. The summed E-state index contributed by atoms with van der Waals surface area (Å²) in [5.41, 5.74) is 1.94. The number of carbonyl (C=O) groups is 1. The van der Waals surface area contributed by atoms with Crippen LogP contribution < -0.4 is 10.9 Å². The lowest BCUT2D eigenvalue weighted by atomic mass is 10.0. The van der Waals surface area contributed by atoms with E-state index in [1.54, 1.807) is 4.68 Å². The third kappa shape index (κ3) is 5.80. The van der Waals surface area contributed by atoms with Gasteiger partial charge in [0.2, 0.25) is 5.91 Å². The van der Waals surface area contributed by atoms with Gasteiger partial charge in [0.1, 0.15) is 0 Å². The molecule has 2 fully saturated rings. The molecule has 2 saturated heterocycles. The molecule has 1 aromatic heterocycles. The summed E-state index contributed by atoms with van der Waals surface area (Å²) in [5, 5.41) is 10.2. The number of likely N-dealkylation sites (tertiary alicyclic amines) is 1. The Balaban J connectivity index is 1.29. The molecule has 3 aromatic rings. The largest absolute Gasteiger partial charge is 0.381 e. The van der Waals surface area contributed by atoms with Crippen LogP contribution in [0.4, 0.5) is 0 Å². The zero-order valence-electron chi connectivity index (χ0n) is 20.5. The average molecular weight is 509 g/mol. The number of hydrogen-bond donors (Lipinski definition) is 1. The summed E-state index contributed by atoms with van der Waals surface area (Å²) in [7, 11) is 0. The lowest BCUT2D eigenvalue weighted by Crippen LogP contribution is -2.43. The number of carbonyl (C=O) groups excluding carboxylic acids is 1. The number of nitrogens with one attached hydrogen (secondary N) is 1. The SMILES string of the molecule is O=C(NCCN1CCC[C@@H]1Cn1nc(Cc2ccc(Cl)cc2)c2ccccc2c1=O)C1CCCOC1. The lowest BCUT2D eigenvalue weighted by molar-refractivity contribution is -0.129. The summed E-state index contributed by atoms with van der Waals surface area (Å²) in [6.07, 6.45) is 4.56. The molecule has 3 heterocycles. The zero-order valence-corrected chi connectivity index (χ0v) is 21.3. The van der Waals surface area contributed by atoms with Crippen LogP contribution in [0.5, 0.6) is 0 Å². The minimum atomic E-state index is -0.0529. The van der Waals surface area contributed by atoms with Gasteiger partial charge >= 0.3 is 0 Å². The van der Waals surface area contributed by atoms with E-state index in [9.17, 15) is 9.59 Å². The number of fused-ring (bicyclic) bond motifs is 1. The summed E-state index contributed by atoms with van der Waals surface area (Å²) in [5.74, 6) is 0.0530. The molecule has 7 nitrogen and oxygen atoms in total. The first kappa shape index (κ1) is 24.9. The first-order valence-electron chi connectivity index (χ1n) is 12.9. The van der Waals surface area contributed by atoms with Gasteiger partial charge in [0, 0.05) is 42.6 Å². The van der Waals surface area contributed by atoms with Crippen molar-refractivity contribution in [1.82, 2.24) is 20.0 Å². The van der Waals surface area contributed by atoms with Crippen LogP contribution in [-0.4, -0.2) is 59.5 Å². The summed E-state index contributed by atoms with van der Waals surface area (Å²) in [6.45, 7) is 4.16. The molecule has 2 atom stereocenters. The van der Waals surface area contributed by atoms with Crippen LogP contribution >= 0.6 is 11.6 Å². The second kappa shape index (κ2) is 11.5. The fraction of sp³-hybridized carbons (Fsp3) is 0.464. The Labute approximate surface area is 216 Å². The van der Waals surface area contributed by atoms with Crippen molar-refractivity contribution in [2.75, 3.05) is 32.8 Å². The third-order valence-electron chi connectivity index (χ3n) is 7.34. The zero-order chi connectivity index (χ0) is 24.9. The molecule has 0 bridgehead atoms. The molecule has 190 valence electrons. The lowest BCUT2D eigenvalue weighted by Gasteiger charge is -2.26. The van der Waals surface area contributed by atoms with E-state index in [1.807, 2.05) is 48.5 Å². The summed E-state index contributed by atoms with van der Waals surface area (Å²) in [6, 6.07) is 15.7. The first-order chi connectivity index (χ1) is 17.6. The Morgan fingerprint density at radius 3 is 2.67 bits per heavy atom. The van der Waals surface area contributed by atoms with Gasteiger partial charge in [0.25, 0.3) is 5.56 Å². The number of amides is 1. The topological polar surface area (TPSA) is 76.5 Å². The highest BCUT2D eigenvalue weighted by Gasteiger charge is 2.27. The van der Waals surface area contributed by atoms with Crippen LogP contribution in [0.15, 0.2) is 53.3 Å². The van der Waals surface area contributed by atoms with E-state index >= 15 is 0 Å². The van der Waals surface area contributed by atoms with E-state index in [0.717, 1.165) is 62.0 Å². The van der Waals surface area contributed by atoms with Gasteiger partial charge < -0.3 is 10.1 Å². The predicted molar refractivity (Wildman–Crippen MR) is 141 cm³/mol. The summed E-state index contributed by atoms with van der Waals surface area (Å²) in [4.78, 5) is 28.2. The first-order valence-corrected chi connectivity index (χ1v) is 13.3. The van der Waals surface area contributed by atoms with Crippen LogP contribution in [0.25, 0.3) is 10.8 Å². The van der Waals surface area contributed by atoms with E-state index in [4.69, 9.17) is 21.4 Å². The van der Waals surface area contributed by atoms with Gasteiger partial charge in [-0.1, -0.05) is 41.9 Å². The second-order valence-electron chi connectivity index (χ2n) is 9.82. The Morgan fingerprint density at radius 2 is 1.89 bits per heavy atom. The number of halogens is 1. The van der Waals surface area contributed by atoms with E-state index < -0.39 is 0 Å². The van der Waals surface area contributed by atoms with Crippen molar-refractivity contribution >= 4 is 28.3 Å². The molecule has 8 heteroatoms. The summed E-state index contributed by atoms with van der Waals surface area (Å²) < 4.78 is 7.09. The molecule has 1 unspecified atom stereocenters. The number of nitrogens with zero attached hydrogens (tertiary/aromatic N) is 3. The van der Waals surface area contributed by atoms with Gasteiger partial charge in [-0.3, -0.25) is 14.5 Å². The molecule has 0 radical (unpaired) electrons. The number of aromatic nitrogens is 2. The smallest absolute Gasteiger partial charge is 0.274 e. The highest BCUT2D eigenvalue weighted by Crippen LogP contribution is 2.21. The molecular weight excluding hydrogens is 476 g/mol. The fourth-order valence-corrected chi connectivity index (χ4v) is 5.49. The van der Waals surface area contributed by atoms with E-state index in [2.05, 4.69) is 10.2 Å². The average Bonchev–Trinajstić information content (AvgIpc) is 3.35. The fourth-order valence-electron chi connectivity index (χ4n) is 5.37. The monoisotopic (exact) mass is 508 g/mol. The van der Waals surface area contributed by atoms with Gasteiger partial charge in [-0.05, 0) is 56.0 Å². The minimum absolute atomic E-state index is 0.0347. The highest BCUT2D eigenvalue weighted by molar-refractivity contribution is 6.30. The van der Waals surface area contributed by atoms with Crippen LogP contribution in [0.3, 0.4) is 0 Å². The van der Waals surface area contributed by atoms with E-state index in [-0.39, 0.29) is 23.4 Å². The number of rotatable bonds is 8. The molecule has 0 saturated carbocycles. The number of ether oxygens (including phenoxy) is 1. The molecule has 0 aliphatic carbocycles. The maximum Gasteiger partial charge on any atom is 0.274 e. The molecule has 0 spiro atoms. The van der Waals surface area contributed by atoms with Crippen LogP contribution in [0.2, 0.25) is 5.02 Å². The number of hydrogen-bond acceptors (Lipinski definition) is 5. The highest BCUT2D eigenvalue weighted by atomic mass is 35.5. The van der Waals surface area contributed by atoms with Gasteiger partial charge in [-0.15, -0.1) is 0 Å². The van der Waals surface area contributed by atoms with Crippen molar-refractivity contribution < 1.29 is 9.53 Å². The van der Waals surface area contributed by atoms with Crippen LogP contribution in [-0.2, 0) is 22.5 Å². The van der Waals surface area contributed by atoms with Gasteiger partial charge in [-0.25, -0.2) is 4.68 Å². The molecule has 36 heavy (non-hydrogen) atoms. The van der Waals surface area contributed by atoms with Crippen molar-refractivity contribution in [3.63, 3.8) is 0 Å². The maximum atomic E-state index is 13.3. The quantitative estimate of drug-likeness (QED) is 0.502. The Morgan fingerprint density at radius 1 is 1.08 bits per heavy atom. The van der Waals surface area contributed by atoms with Crippen molar-refractivity contribution in [2.45, 2.75) is 44.7 Å². The summed E-state index contributed by atoms with van der Waals surface area (Å²) >= 11 is 6.06. The Kier molecular flexibility index (Phi) is 7.99. The van der Waals surface area contributed by atoms with Gasteiger partial charge in [-0.2, -0.15) is 5.10 Å². The van der Waals surface area contributed by atoms with Gasteiger partial charge in [0.15, 0.2) is 0 Å². The molecular formula is C28H33ClN4O3. The molecule has 1 N–H and O–H groups in total. The van der Waals surface area contributed by atoms with E-state index in [0.29, 0.717) is 36.5 Å². The maximum absolute atomic E-state index is 13.3. The van der Waals surface area contributed by atoms with Crippen LogP contribution in [0.1, 0.15) is 36.9 Å². The Bertz CT molecular complexity index is 1250. The molecule has 2 aromatic carbocycles. The van der Waals surface area contributed by atoms with Crippen molar-refractivity contribution in [3.05, 3.63) is 75.2 Å². The standard InChI is InChI=1S/C28H33ClN4O3/c29-22-11-9-20(10-12-22)17-26-24-7-1-2-8-25(24)28(35)33(31-26)18-23-6-3-14-32(23)15-13-30-27(34)21-5-4-16-36-19-21/h1-2,7-12,21,23H,3-6,13-19H2,(H,30,34)/t21?,23-/m1/s1. The van der Waals surface area contributed by atoms with Crippen molar-refractivity contribution in [2.24, 2.45) is 5.92 Å². The molecule has 2 aliphatic heterocycles. The van der Waals surface area contributed by atoms with E-state index in [1.165, 1.54) is 0 Å². The molecule has 5 rings (SSSR count). The molecule has 1 amide bonds. The predicted octanol–water partition coefficient (Wildman–Crippen LogP) is 3.65. The Hall–Kier alpha value is -2.74. The van der Waals surface area contributed by atoms with Crippen molar-refractivity contribution in [3.8, 4) is 0 Å².